The molecule has 2 N–H and O–H groups in total. The number of carbonyl (C=O) groups is 1. The molecular formula is C35H41ClN6O3. The molecule has 45 heavy (non-hydrogen) atoms. The zero-order valence-corrected chi connectivity index (χ0v) is 27.3. The van der Waals surface area contributed by atoms with Crippen molar-refractivity contribution in [1.82, 2.24) is 14.8 Å². The summed E-state index contributed by atoms with van der Waals surface area (Å²) in [7, 11) is 8.09. The Bertz CT molecular complexity index is 1640. The number of aromatic nitrogens is 1. The number of rotatable bonds is 15. The van der Waals surface area contributed by atoms with Gasteiger partial charge in [0.25, 0.3) is 0 Å². The standard InChI is InChI=1S/C35H41ClN6O3/c1-6-44-33-20-30-28(19-31(33)40-34(43)18-27(42(4)5)13-10-16-41(2)3)35(25(21-37)22-38-30)39-26-14-15-32(29(36)17-26)45-23-24-11-8-7-9-12-24/h7-9,11-12,14-15,17,19-20,22,27H,6,10,13,16,18,23H2,1-5H3,(H,38,39)(H,40,43). The monoisotopic (exact) mass is 628 g/mol. The molecule has 0 fully saturated rings. The molecule has 0 aliphatic carbocycles. The van der Waals surface area contributed by atoms with Crippen molar-refractivity contribution in [1.29, 1.82) is 5.26 Å². The molecule has 236 valence electrons. The van der Waals surface area contributed by atoms with E-state index < -0.39 is 0 Å². The number of hydrogen-bond donors (Lipinski definition) is 2. The number of amides is 1. The second-order valence-corrected chi connectivity index (χ2v) is 11.7. The first-order valence-electron chi connectivity index (χ1n) is 15.0. The van der Waals surface area contributed by atoms with Crippen molar-refractivity contribution in [2.24, 2.45) is 0 Å². The molecule has 1 unspecified atom stereocenters. The fraction of sp³-hybridized carbons (Fsp3) is 0.343. The Morgan fingerprint density at radius 3 is 2.49 bits per heavy atom. The third-order valence-electron chi connectivity index (χ3n) is 7.40. The average Bonchev–Trinajstić information content (AvgIpc) is 3.01. The summed E-state index contributed by atoms with van der Waals surface area (Å²) in [6.07, 6.45) is 3.75. The molecular weight excluding hydrogens is 588 g/mol. The zero-order valence-electron chi connectivity index (χ0n) is 26.6. The highest BCUT2D eigenvalue weighted by Crippen LogP contribution is 2.37. The molecule has 1 atom stereocenters. The smallest absolute Gasteiger partial charge is 0.226 e. The molecule has 0 bridgehead atoms. The van der Waals surface area contributed by atoms with E-state index in [1.807, 2.05) is 77.6 Å². The van der Waals surface area contributed by atoms with Crippen molar-refractivity contribution in [3.05, 3.63) is 83.0 Å². The number of carbonyl (C=O) groups excluding carboxylic acids is 1. The van der Waals surface area contributed by atoms with Crippen LogP contribution in [0.1, 0.15) is 37.3 Å². The predicted molar refractivity (Wildman–Crippen MR) is 182 cm³/mol. The molecule has 10 heteroatoms. The minimum atomic E-state index is -0.115. The SMILES string of the molecule is CCOc1cc2ncc(C#N)c(Nc3ccc(OCc4ccccc4)c(Cl)c3)c2cc1NC(=O)CC(CCCN(C)C)N(C)C. The average molecular weight is 629 g/mol. The highest BCUT2D eigenvalue weighted by molar-refractivity contribution is 6.32. The van der Waals surface area contributed by atoms with Crippen LogP contribution in [0.15, 0.2) is 66.9 Å². The predicted octanol–water partition coefficient (Wildman–Crippen LogP) is 7.08. The van der Waals surface area contributed by atoms with Gasteiger partial charge in [0, 0.05) is 35.8 Å². The van der Waals surface area contributed by atoms with Crippen LogP contribution in [0.2, 0.25) is 5.02 Å². The number of anilines is 3. The molecule has 0 aliphatic rings. The van der Waals surface area contributed by atoms with Crippen LogP contribution in [0.4, 0.5) is 17.1 Å². The van der Waals surface area contributed by atoms with E-state index in [2.05, 4.69) is 31.5 Å². The van der Waals surface area contributed by atoms with Crippen LogP contribution < -0.4 is 20.1 Å². The van der Waals surface area contributed by atoms with Crippen molar-refractivity contribution >= 4 is 45.5 Å². The van der Waals surface area contributed by atoms with Crippen LogP contribution in [-0.4, -0.2) is 68.1 Å². The molecule has 0 aliphatic heterocycles. The van der Waals surface area contributed by atoms with Crippen LogP contribution in [-0.2, 0) is 11.4 Å². The maximum absolute atomic E-state index is 13.3. The lowest BCUT2D eigenvalue weighted by Crippen LogP contribution is -2.33. The maximum Gasteiger partial charge on any atom is 0.226 e. The number of hydrogen-bond acceptors (Lipinski definition) is 8. The van der Waals surface area contributed by atoms with Gasteiger partial charge in [0.05, 0.1) is 34.1 Å². The largest absolute Gasteiger partial charge is 0.492 e. The lowest BCUT2D eigenvalue weighted by molar-refractivity contribution is -0.117. The number of fused-ring (bicyclic) bond motifs is 1. The van der Waals surface area contributed by atoms with Gasteiger partial charge in [-0.1, -0.05) is 41.9 Å². The van der Waals surface area contributed by atoms with Crippen molar-refractivity contribution in [2.75, 3.05) is 52.0 Å². The third kappa shape index (κ3) is 9.32. The molecule has 4 rings (SSSR count). The maximum atomic E-state index is 13.3. The highest BCUT2D eigenvalue weighted by Gasteiger charge is 2.20. The highest BCUT2D eigenvalue weighted by atomic mass is 35.5. The van der Waals surface area contributed by atoms with Gasteiger partial charge in [-0.3, -0.25) is 9.78 Å². The summed E-state index contributed by atoms with van der Waals surface area (Å²) in [6, 6.07) is 21.2. The van der Waals surface area contributed by atoms with Gasteiger partial charge in [0.2, 0.25) is 5.91 Å². The van der Waals surface area contributed by atoms with Gasteiger partial charge in [-0.2, -0.15) is 5.26 Å². The first-order valence-corrected chi connectivity index (χ1v) is 15.4. The molecule has 0 saturated carbocycles. The molecule has 0 spiro atoms. The summed E-state index contributed by atoms with van der Waals surface area (Å²) in [5, 5.41) is 17.5. The zero-order chi connectivity index (χ0) is 32.3. The first-order chi connectivity index (χ1) is 21.7. The summed E-state index contributed by atoms with van der Waals surface area (Å²) in [6.45, 7) is 3.66. The number of benzene rings is 3. The Hall–Kier alpha value is -4.36. The van der Waals surface area contributed by atoms with Gasteiger partial charge in [-0.05, 0) is 84.3 Å². The van der Waals surface area contributed by atoms with E-state index in [9.17, 15) is 10.1 Å². The van der Waals surface area contributed by atoms with Crippen molar-refractivity contribution in [3.8, 4) is 17.6 Å². The van der Waals surface area contributed by atoms with E-state index in [-0.39, 0.29) is 11.9 Å². The van der Waals surface area contributed by atoms with Gasteiger partial charge in [-0.25, -0.2) is 0 Å². The summed E-state index contributed by atoms with van der Waals surface area (Å²) in [5.41, 5.74) is 3.73. The Morgan fingerprint density at radius 1 is 1.04 bits per heavy atom. The quantitative estimate of drug-likeness (QED) is 0.144. The van der Waals surface area contributed by atoms with Crippen molar-refractivity contribution in [3.63, 3.8) is 0 Å². The van der Waals surface area contributed by atoms with Gasteiger partial charge in [-0.15, -0.1) is 0 Å². The minimum Gasteiger partial charge on any atom is -0.492 e. The lowest BCUT2D eigenvalue weighted by atomic mass is 10.1. The van der Waals surface area contributed by atoms with Crippen LogP contribution >= 0.6 is 11.6 Å². The molecule has 1 heterocycles. The number of ether oxygens (including phenoxy) is 2. The second kappa shape index (κ2) is 16.1. The topological polar surface area (TPSA) is 103 Å². The fourth-order valence-corrected chi connectivity index (χ4v) is 5.22. The van der Waals surface area contributed by atoms with E-state index in [0.29, 0.717) is 69.7 Å². The number of nitrogens with one attached hydrogen (secondary N) is 2. The minimum absolute atomic E-state index is 0.0921. The van der Waals surface area contributed by atoms with Gasteiger partial charge in [0.15, 0.2) is 0 Å². The van der Waals surface area contributed by atoms with Crippen LogP contribution in [0.5, 0.6) is 11.5 Å². The molecule has 9 nitrogen and oxygen atoms in total. The summed E-state index contributed by atoms with van der Waals surface area (Å²) < 4.78 is 11.8. The molecule has 0 radical (unpaired) electrons. The van der Waals surface area contributed by atoms with E-state index in [0.717, 1.165) is 24.9 Å². The summed E-state index contributed by atoms with van der Waals surface area (Å²) in [4.78, 5) is 22.1. The Morgan fingerprint density at radius 2 is 1.82 bits per heavy atom. The third-order valence-corrected chi connectivity index (χ3v) is 7.69. The molecule has 0 saturated heterocycles. The second-order valence-electron chi connectivity index (χ2n) is 11.3. The first kappa shape index (κ1) is 33.5. The van der Waals surface area contributed by atoms with E-state index in [1.165, 1.54) is 6.20 Å². The summed E-state index contributed by atoms with van der Waals surface area (Å²) >= 11 is 6.59. The van der Waals surface area contributed by atoms with Gasteiger partial charge >= 0.3 is 0 Å². The molecule has 1 aromatic heterocycles. The van der Waals surface area contributed by atoms with Crippen LogP contribution in [0.25, 0.3) is 10.9 Å². The Kier molecular flexibility index (Phi) is 12.0. The van der Waals surface area contributed by atoms with Crippen LogP contribution in [0, 0.1) is 11.3 Å². The molecule has 3 aromatic carbocycles. The molecule has 4 aromatic rings. The number of halogens is 1. The summed E-state index contributed by atoms with van der Waals surface area (Å²) in [5.74, 6) is 0.948. The van der Waals surface area contributed by atoms with Gasteiger partial charge in [0.1, 0.15) is 24.2 Å². The normalized spacial score (nSPS) is 11.8. The number of pyridine rings is 1. The van der Waals surface area contributed by atoms with E-state index >= 15 is 0 Å². The number of nitriles is 1. The van der Waals surface area contributed by atoms with Crippen molar-refractivity contribution < 1.29 is 14.3 Å². The van der Waals surface area contributed by atoms with Crippen LogP contribution in [0.3, 0.4) is 0 Å². The van der Waals surface area contributed by atoms with E-state index in [4.69, 9.17) is 21.1 Å². The molecule has 1 amide bonds. The number of nitrogens with zero attached hydrogens (tertiary/aromatic N) is 4. The van der Waals surface area contributed by atoms with E-state index in [1.54, 1.807) is 18.2 Å². The van der Waals surface area contributed by atoms with Crippen molar-refractivity contribution in [2.45, 2.75) is 38.8 Å². The Labute approximate surface area is 270 Å². The fourth-order valence-electron chi connectivity index (χ4n) is 4.99. The Balaban J connectivity index is 1.60. The lowest BCUT2D eigenvalue weighted by Gasteiger charge is -2.25. The van der Waals surface area contributed by atoms with Gasteiger partial charge < -0.3 is 29.9 Å².